The summed E-state index contributed by atoms with van der Waals surface area (Å²) in [6.07, 6.45) is 0. The number of halogens is 1. The van der Waals surface area contributed by atoms with E-state index in [0.717, 1.165) is 10.2 Å². The van der Waals surface area contributed by atoms with E-state index in [-0.39, 0.29) is 5.91 Å². The second-order valence-electron chi connectivity index (χ2n) is 4.28. The normalized spacial score (nSPS) is 10.1. The lowest BCUT2D eigenvalue weighted by Crippen LogP contribution is -2.14. The highest BCUT2D eigenvalue weighted by Crippen LogP contribution is 2.25. The van der Waals surface area contributed by atoms with Crippen molar-refractivity contribution in [1.82, 2.24) is 4.98 Å². The lowest BCUT2D eigenvalue weighted by molar-refractivity contribution is 0.102. The summed E-state index contributed by atoms with van der Waals surface area (Å²) in [6, 6.07) is 8.58. The fourth-order valence-corrected chi connectivity index (χ4v) is 2.00. The number of aryl methyl sites for hydroxylation is 1. The van der Waals surface area contributed by atoms with E-state index < -0.39 is 0 Å². The summed E-state index contributed by atoms with van der Waals surface area (Å²) in [4.78, 5) is 16.6. The van der Waals surface area contributed by atoms with Gasteiger partial charge in [-0.05, 0) is 47.1 Å². The van der Waals surface area contributed by atoms with Gasteiger partial charge in [-0.3, -0.25) is 4.79 Å². The SMILES string of the molecule is COc1ccc(C(=O)Nc2ccc(Br)c(C)n2)c(OC)c1. The van der Waals surface area contributed by atoms with Crippen LogP contribution in [0.15, 0.2) is 34.8 Å². The van der Waals surface area contributed by atoms with Gasteiger partial charge in [-0.1, -0.05) is 0 Å². The van der Waals surface area contributed by atoms with Gasteiger partial charge in [0.25, 0.3) is 5.91 Å². The number of hydrogen-bond donors (Lipinski definition) is 1. The predicted molar refractivity (Wildman–Crippen MR) is 84.2 cm³/mol. The zero-order valence-corrected chi connectivity index (χ0v) is 13.5. The van der Waals surface area contributed by atoms with Crippen LogP contribution in [-0.2, 0) is 0 Å². The second-order valence-corrected chi connectivity index (χ2v) is 5.14. The molecule has 0 fully saturated rings. The van der Waals surface area contributed by atoms with Crippen molar-refractivity contribution >= 4 is 27.7 Å². The lowest BCUT2D eigenvalue weighted by Gasteiger charge is -2.11. The minimum Gasteiger partial charge on any atom is -0.497 e. The number of anilines is 1. The Morgan fingerprint density at radius 1 is 1.19 bits per heavy atom. The van der Waals surface area contributed by atoms with Gasteiger partial charge in [-0.2, -0.15) is 0 Å². The third-order valence-corrected chi connectivity index (χ3v) is 3.75. The Hall–Kier alpha value is -2.08. The highest BCUT2D eigenvalue weighted by Gasteiger charge is 2.14. The Morgan fingerprint density at radius 3 is 2.57 bits per heavy atom. The largest absolute Gasteiger partial charge is 0.497 e. The average molecular weight is 351 g/mol. The summed E-state index contributed by atoms with van der Waals surface area (Å²) in [5.74, 6) is 1.27. The molecule has 1 aromatic carbocycles. The van der Waals surface area contributed by atoms with E-state index in [1.165, 1.54) is 7.11 Å². The molecule has 110 valence electrons. The molecule has 1 heterocycles. The van der Waals surface area contributed by atoms with Crippen LogP contribution in [0.5, 0.6) is 11.5 Å². The highest BCUT2D eigenvalue weighted by molar-refractivity contribution is 9.10. The standard InChI is InChI=1S/C15H15BrN2O3/c1-9-12(16)6-7-14(17-9)18-15(19)11-5-4-10(20-2)8-13(11)21-3/h4-8H,1-3H3,(H,17,18,19). The van der Waals surface area contributed by atoms with Gasteiger partial charge in [0.1, 0.15) is 17.3 Å². The average Bonchev–Trinajstić information content (AvgIpc) is 2.50. The fraction of sp³-hybridized carbons (Fsp3) is 0.200. The first-order valence-corrected chi connectivity index (χ1v) is 7.01. The van der Waals surface area contributed by atoms with Gasteiger partial charge in [0.2, 0.25) is 0 Å². The Balaban J connectivity index is 2.25. The van der Waals surface area contributed by atoms with Crippen LogP contribution in [0, 0.1) is 6.92 Å². The molecule has 2 rings (SSSR count). The van der Waals surface area contributed by atoms with Gasteiger partial charge in [0.05, 0.1) is 25.5 Å². The smallest absolute Gasteiger partial charge is 0.260 e. The molecular formula is C15H15BrN2O3. The van der Waals surface area contributed by atoms with Crippen LogP contribution in [0.3, 0.4) is 0 Å². The predicted octanol–water partition coefficient (Wildman–Crippen LogP) is 3.42. The van der Waals surface area contributed by atoms with Gasteiger partial charge < -0.3 is 14.8 Å². The number of ether oxygens (including phenoxy) is 2. The maximum Gasteiger partial charge on any atom is 0.260 e. The van der Waals surface area contributed by atoms with Crippen LogP contribution < -0.4 is 14.8 Å². The van der Waals surface area contributed by atoms with Gasteiger partial charge in [-0.25, -0.2) is 4.98 Å². The first kappa shape index (κ1) is 15.3. The number of carbonyl (C=O) groups is 1. The molecule has 1 N–H and O–H groups in total. The Kier molecular flexibility index (Phi) is 4.80. The molecule has 6 heteroatoms. The van der Waals surface area contributed by atoms with Gasteiger partial charge >= 0.3 is 0 Å². The molecule has 2 aromatic rings. The van der Waals surface area contributed by atoms with Crippen LogP contribution in [-0.4, -0.2) is 25.1 Å². The molecule has 0 saturated heterocycles. The topological polar surface area (TPSA) is 60.5 Å². The molecule has 1 amide bonds. The number of nitrogens with one attached hydrogen (secondary N) is 1. The van der Waals surface area contributed by atoms with Crippen molar-refractivity contribution in [2.24, 2.45) is 0 Å². The molecule has 1 aromatic heterocycles. The number of methoxy groups -OCH3 is 2. The van der Waals surface area contributed by atoms with E-state index in [9.17, 15) is 4.79 Å². The molecule has 21 heavy (non-hydrogen) atoms. The van der Waals surface area contributed by atoms with Crippen molar-refractivity contribution in [3.63, 3.8) is 0 Å². The van der Waals surface area contributed by atoms with E-state index in [2.05, 4.69) is 26.2 Å². The first-order chi connectivity index (χ1) is 10.0. The number of benzene rings is 1. The van der Waals surface area contributed by atoms with Crippen LogP contribution in [0.25, 0.3) is 0 Å². The summed E-state index contributed by atoms with van der Waals surface area (Å²) in [7, 11) is 3.07. The Bertz CT molecular complexity index is 674. The number of rotatable bonds is 4. The minimum absolute atomic E-state index is 0.288. The second kappa shape index (κ2) is 6.58. The number of amides is 1. The summed E-state index contributed by atoms with van der Waals surface area (Å²) in [6.45, 7) is 1.85. The first-order valence-electron chi connectivity index (χ1n) is 6.21. The molecule has 0 aliphatic rings. The lowest BCUT2D eigenvalue weighted by atomic mass is 10.1. The van der Waals surface area contributed by atoms with E-state index in [4.69, 9.17) is 9.47 Å². The quantitative estimate of drug-likeness (QED) is 0.917. The van der Waals surface area contributed by atoms with E-state index in [1.807, 2.05) is 13.0 Å². The zero-order chi connectivity index (χ0) is 15.4. The molecule has 0 unspecified atom stereocenters. The molecule has 0 spiro atoms. The summed E-state index contributed by atoms with van der Waals surface area (Å²) >= 11 is 3.37. The van der Waals surface area contributed by atoms with Crippen molar-refractivity contribution in [1.29, 1.82) is 0 Å². The Labute approximate surface area is 131 Å². The zero-order valence-electron chi connectivity index (χ0n) is 11.9. The van der Waals surface area contributed by atoms with E-state index in [0.29, 0.717) is 22.9 Å². The van der Waals surface area contributed by atoms with Crippen molar-refractivity contribution in [3.05, 3.63) is 46.1 Å². The minimum atomic E-state index is -0.288. The number of aromatic nitrogens is 1. The van der Waals surface area contributed by atoms with Crippen LogP contribution in [0.2, 0.25) is 0 Å². The molecule has 0 bridgehead atoms. The maximum absolute atomic E-state index is 12.3. The van der Waals surface area contributed by atoms with Crippen LogP contribution in [0.4, 0.5) is 5.82 Å². The Morgan fingerprint density at radius 2 is 1.95 bits per heavy atom. The summed E-state index contributed by atoms with van der Waals surface area (Å²) in [5.41, 5.74) is 1.22. The van der Waals surface area contributed by atoms with Crippen LogP contribution >= 0.6 is 15.9 Å². The molecular weight excluding hydrogens is 336 g/mol. The maximum atomic E-state index is 12.3. The third kappa shape index (κ3) is 3.52. The van der Waals surface area contributed by atoms with E-state index >= 15 is 0 Å². The van der Waals surface area contributed by atoms with Crippen LogP contribution in [0.1, 0.15) is 16.1 Å². The van der Waals surface area contributed by atoms with Crippen molar-refractivity contribution < 1.29 is 14.3 Å². The number of carbonyl (C=O) groups excluding carboxylic acids is 1. The fourth-order valence-electron chi connectivity index (χ4n) is 1.78. The van der Waals surface area contributed by atoms with Gasteiger partial charge in [-0.15, -0.1) is 0 Å². The monoisotopic (exact) mass is 350 g/mol. The molecule has 0 saturated carbocycles. The van der Waals surface area contributed by atoms with Crippen molar-refractivity contribution in [3.8, 4) is 11.5 Å². The molecule has 0 aliphatic carbocycles. The summed E-state index contributed by atoms with van der Waals surface area (Å²) in [5, 5.41) is 2.75. The highest BCUT2D eigenvalue weighted by atomic mass is 79.9. The molecule has 0 atom stereocenters. The number of hydrogen-bond acceptors (Lipinski definition) is 4. The molecule has 0 radical (unpaired) electrons. The molecule has 0 aliphatic heterocycles. The molecule has 5 nitrogen and oxygen atoms in total. The van der Waals surface area contributed by atoms with E-state index in [1.54, 1.807) is 31.4 Å². The number of nitrogens with zero attached hydrogens (tertiary/aromatic N) is 1. The van der Waals surface area contributed by atoms with Crippen molar-refractivity contribution in [2.75, 3.05) is 19.5 Å². The number of pyridine rings is 1. The van der Waals surface area contributed by atoms with Crippen molar-refractivity contribution in [2.45, 2.75) is 6.92 Å². The van der Waals surface area contributed by atoms with Gasteiger partial charge in [0, 0.05) is 10.5 Å². The third-order valence-electron chi connectivity index (χ3n) is 2.92. The van der Waals surface area contributed by atoms with Gasteiger partial charge in [0.15, 0.2) is 0 Å². The summed E-state index contributed by atoms with van der Waals surface area (Å²) < 4.78 is 11.2.